The number of methoxy groups -OCH3 is 1. The summed E-state index contributed by atoms with van der Waals surface area (Å²) in [6, 6.07) is 3.00. The van der Waals surface area contributed by atoms with Gasteiger partial charge >= 0.3 is 6.18 Å². The quantitative estimate of drug-likeness (QED) is 0.736. The molecular formula is C9H6F3O2. The monoisotopic (exact) mass is 203 g/mol. The van der Waals surface area contributed by atoms with Crippen molar-refractivity contribution in [1.29, 1.82) is 0 Å². The number of hydrogen-bond donors (Lipinski definition) is 0. The van der Waals surface area contributed by atoms with E-state index in [4.69, 9.17) is 0 Å². The fraction of sp³-hybridized carbons (Fsp3) is 0.222. The average molecular weight is 203 g/mol. The molecule has 1 rings (SSSR count). The van der Waals surface area contributed by atoms with Crippen molar-refractivity contribution in [2.24, 2.45) is 0 Å². The summed E-state index contributed by atoms with van der Waals surface area (Å²) in [4.78, 5) is 10.2. The maximum Gasteiger partial charge on any atom is 0.419 e. The number of hydrogen-bond acceptors (Lipinski definition) is 2. The number of ether oxygens (including phenoxy) is 1. The summed E-state index contributed by atoms with van der Waals surface area (Å²) >= 11 is 0. The fourth-order valence-electron chi connectivity index (χ4n) is 0.993. The zero-order valence-corrected chi connectivity index (χ0v) is 7.18. The van der Waals surface area contributed by atoms with Gasteiger partial charge < -0.3 is 4.74 Å². The van der Waals surface area contributed by atoms with Crippen LogP contribution < -0.4 is 4.74 Å². The van der Waals surface area contributed by atoms with Crippen LogP contribution in [0.25, 0.3) is 0 Å². The van der Waals surface area contributed by atoms with Gasteiger partial charge in [-0.3, -0.25) is 4.79 Å². The second-order valence-electron chi connectivity index (χ2n) is 2.51. The molecule has 5 heteroatoms. The van der Waals surface area contributed by atoms with Gasteiger partial charge in [0.15, 0.2) is 0 Å². The van der Waals surface area contributed by atoms with E-state index in [0.717, 1.165) is 13.2 Å². The molecule has 0 spiro atoms. The van der Waals surface area contributed by atoms with Gasteiger partial charge in [0.05, 0.1) is 12.7 Å². The van der Waals surface area contributed by atoms with E-state index >= 15 is 0 Å². The summed E-state index contributed by atoms with van der Waals surface area (Å²) < 4.78 is 41.5. The van der Waals surface area contributed by atoms with Crippen LogP contribution >= 0.6 is 0 Å². The Bertz CT molecular complexity index is 344. The minimum absolute atomic E-state index is 0.155. The Morgan fingerprint density at radius 3 is 2.43 bits per heavy atom. The van der Waals surface area contributed by atoms with Crippen LogP contribution in [0, 0.1) is 0 Å². The number of alkyl halides is 3. The van der Waals surface area contributed by atoms with Crippen LogP contribution in [-0.4, -0.2) is 13.4 Å². The SMILES string of the molecule is COc1ccc([C]=O)cc1C(F)(F)F. The molecule has 14 heavy (non-hydrogen) atoms. The van der Waals surface area contributed by atoms with Gasteiger partial charge in [-0.2, -0.15) is 13.2 Å². The highest BCUT2D eigenvalue weighted by Gasteiger charge is 2.34. The number of carbonyl (C=O) groups excluding carboxylic acids is 1. The van der Waals surface area contributed by atoms with Crippen molar-refractivity contribution in [2.45, 2.75) is 6.18 Å². The van der Waals surface area contributed by atoms with Gasteiger partial charge in [0.1, 0.15) is 5.75 Å². The largest absolute Gasteiger partial charge is 0.496 e. The number of halogens is 3. The standard InChI is InChI=1S/C9H6F3O2/c1-14-8-3-2-6(5-13)4-7(8)9(10,11)12/h2-4H,1H3. The lowest BCUT2D eigenvalue weighted by Gasteiger charge is -2.11. The highest BCUT2D eigenvalue weighted by atomic mass is 19.4. The molecule has 0 aromatic heterocycles. The Hall–Kier alpha value is -1.52. The van der Waals surface area contributed by atoms with Crippen molar-refractivity contribution in [1.82, 2.24) is 0 Å². The molecule has 0 aliphatic rings. The van der Waals surface area contributed by atoms with E-state index in [1.807, 2.05) is 0 Å². The zero-order chi connectivity index (χ0) is 10.8. The van der Waals surface area contributed by atoms with Gasteiger partial charge in [0, 0.05) is 5.56 Å². The molecule has 75 valence electrons. The molecule has 0 unspecified atom stereocenters. The Morgan fingerprint density at radius 2 is 2.00 bits per heavy atom. The molecule has 0 saturated carbocycles. The second-order valence-corrected chi connectivity index (χ2v) is 2.51. The Morgan fingerprint density at radius 1 is 1.36 bits per heavy atom. The van der Waals surface area contributed by atoms with Crippen molar-refractivity contribution in [3.63, 3.8) is 0 Å². The van der Waals surface area contributed by atoms with Crippen molar-refractivity contribution in [2.75, 3.05) is 7.11 Å². The molecule has 0 fully saturated rings. The first-order valence-corrected chi connectivity index (χ1v) is 3.62. The molecule has 0 amide bonds. The minimum atomic E-state index is -4.53. The first-order valence-electron chi connectivity index (χ1n) is 3.62. The third-order valence-electron chi connectivity index (χ3n) is 1.62. The molecule has 2 nitrogen and oxygen atoms in total. The smallest absolute Gasteiger partial charge is 0.419 e. The predicted octanol–water partition coefficient (Wildman–Crippen LogP) is 2.17. The van der Waals surface area contributed by atoms with Crippen LogP contribution in [0.3, 0.4) is 0 Å². The third-order valence-corrected chi connectivity index (χ3v) is 1.62. The summed E-state index contributed by atoms with van der Waals surface area (Å²) in [5.74, 6) is -0.309. The van der Waals surface area contributed by atoms with E-state index in [9.17, 15) is 18.0 Å². The van der Waals surface area contributed by atoms with Crippen LogP contribution in [0.1, 0.15) is 11.1 Å². The molecule has 1 radical (unpaired) electrons. The highest BCUT2D eigenvalue weighted by molar-refractivity contribution is 5.76. The highest BCUT2D eigenvalue weighted by Crippen LogP contribution is 2.36. The summed E-state index contributed by atoms with van der Waals surface area (Å²) in [5.41, 5.74) is -1.13. The Balaban J connectivity index is 3.29. The average Bonchev–Trinajstić information content (AvgIpc) is 2.15. The summed E-state index contributed by atoms with van der Waals surface area (Å²) in [7, 11) is 1.13. The minimum Gasteiger partial charge on any atom is -0.496 e. The normalized spacial score (nSPS) is 11.1. The van der Waals surface area contributed by atoms with Crippen molar-refractivity contribution >= 4 is 6.29 Å². The van der Waals surface area contributed by atoms with Crippen LogP contribution in [0.15, 0.2) is 18.2 Å². The molecule has 0 aliphatic carbocycles. The van der Waals surface area contributed by atoms with Crippen LogP contribution in [0.4, 0.5) is 13.2 Å². The topological polar surface area (TPSA) is 26.3 Å². The lowest BCUT2D eigenvalue weighted by atomic mass is 10.1. The van der Waals surface area contributed by atoms with Crippen molar-refractivity contribution < 1.29 is 22.7 Å². The van der Waals surface area contributed by atoms with Gasteiger partial charge in [0.2, 0.25) is 6.29 Å². The Labute approximate surface area is 78.3 Å². The van der Waals surface area contributed by atoms with Crippen LogP contribution in [0.2, 0.25) is 0 Å². The molecule has 0 N–H and O–H groups in total. The van der Waals surface area contributed by atoms with E-state index < -0.39 is 11.7 Å². The lowest BCUT2D eigenvalue weighted by Crippen LogP contribution is -2.08. The third kappa shape index (κ3) is 2.04. The van der Waals surface area contributed by atoms with E-state index in [1.165, 1.54) is 12.4 Å². The van der Waals surface area contributed by atoms with Gasteiger partial charge in [-0.05, 0) is 18.2 Å². The molecule has 0 atom stereocenters. The maximum atomic E-state index is 12.3. The molecule has 0 saturated heterocycles. The van der Waals surface area contributed by atoms with Crippen molar-refractivity contribution in [3.8, 4) is 5.75 Å². The zero-order valence-electron chi connectivity index (χ0n) is 7.18. The second kappa shape index (κ2) is 3.69. The first kappa shape index (κ1) is 10.6. The van der Waals surface area contributed by atoms with Crippen LogP contribution in [0.5, 0.6) is 5.75 Å². The Kier molecular flexibility index (Phi) is 2.78. The summed E-state index contributed by atoms with van der Waals surface area (Å²) in [6.45, 7) is 0. The molecule has 1 aromatic rings. The summed E-state index contributed by atoms with van der Waals surface area (Å²) in [6.07, 6.45) is -3.14. The molecule has 0 heterocycles. The predicted molar refractivity (Wildman–Crippen MR) is 42.8 cm³/mol. The van der Waals surface area contributed by atoms with Gasteiger partial charge in [-0.25, -0.2) is 0 Å². The van der Waals surface area contributed by atoms with Gasteiger partial charge in [-0.1, -0.05) is 0 Å². The van der Waals surface area contributed by atoms with E-state index in [1.54, 1.807) is 0 Å². The summed E-state index contributed by atoms with van der Waals surface area (Å²) in [5, 5.41) is 0. The van der Waals surface area contributed by atoms with Gasteiger partial charge in [-0.15, -0.1) is 0 Å². The van der Waals surface area contributed by atoms with Crippen LogP contribution in [-0.2, 0) is 11.0 Å². The number of rotatable bonds is 2. The number of benzene rings is 1. The molecule has 0 aliphatic heterocycles. The van der Waals surface area contributed by atoms with Crippen molar-refractivity contribution in [3.05, 3.63) is 29.3 Å². The van der Waals surface area contributed by atoms with Gasteiger partial charge in [0.25, 0.3) is 0 Å². The molecule has 0 bridgehead atoms. The molecular weight excluding hydrogens is 197 g/mol. The molecule has 1 aromatic carbocycles. The maximum absolute atomic E-state index is 12.3. The lowest BCUT2D eigenvalue weighted by molar-refractivity contribution is -0.138. The van der Waals surface area contributed by atoms with E-state index in [2.05, 4.69) is 4.74 Å². The first-order chi connectivity index (χ1) is 6.49. The van der Waals surface area contributed by atoms with E-state index in [-0.39, 0.29) is 11.3 Å². The fourth-order valence-corrected chi connectivity index (χ4v) is 0.993. The van der Waals surface area contributed by atoms with E-state index in [0.29, 0.717) is 6.07 Å².